The Hall–Kier alpha value is -2.04. The van der Waals surface area contributed by atoms with Crippen LogP contribution in [0.4, 0.5) is 4.79 Å². The minimum atomic E-state index is -0.706. The third kappa shape index (κ3) is 5.23. The fourth-order valence-corrected chi connectivity index (χ4v) is 3.20. The van der Waals surface area contributed by atoms with E-state index in [0.29, 0.717) is 19.4 Å². The van der Waals surface area contributed by atoms with E-state index in [1.165, 1.54) is 5.56 Å². The Balaban J connectivity index is 2.08. The first-order valence-corrected chi connectivity index (χ1v) is 9.45. The molecule has 0 bridgehead atoms. The number of ether oxygens (including phenoxy) is 2. The number of aryl methyl sites for hydroxylation is 1. The van der Waals surface area contributed by atoms with E-state index >= 15 is 0 Å². The first-order chi connectivity index (χ1) is 12.2. The summed E-state index contributed by atoms with van der Waals surface area (Å²) in [6.45, 7) is 11.2. The number of benzene rings is 1. The van der Waals surface area contributed by atoms with Gasteiger partial charge in [0.25, 0.3) is 0 Å². The monoisotopic (exact) mass is 361 g/mol. The van der Waals surface area contributed by atoms with Crippen molar-refractivity contribution >= 4 is 12.1 Å². The molecule has 0 radical (unpaired) electrons. The van der Waals surface area contributed by atoms with Crippen LogP contribution in [0.15, 0.2) is 18.2 Å². The highest BCUT2D eigenvalue weighted by molar-refractivity contribution is 5.79. The van der Waals surface area contributed by atoms with Crippen LogP contribution >= 0.6 is 0 Å². The average Bonchev–Trinajstić information content (AvgIpc) is 2.56. The Morgan fingerprint density at radius 1 is 1.23 bits per heavy atom. The van der Waals surface area contributed by atoms with Crippen LogP contribution < -0.4 is 0 Å². The third-order valence-electron chi connectivity index (χ3n) is 4.81. The highest BCUT2D eigenvalue weighted by Crippen LogP contribution is 2.25. The van der Waals surface area contributed by atoms with Gasteiger partial charge in [0.1, 0.15) is 0 Å². The lowest BCUT2D eigenvalue weighted by Gasteiger charge is -2.34. The zero-order chi connectivity index (χ0) is 19.3. The number of nitrogens with zero attached hydrogens (tertiary/aromatic N) is 1. The Bertz CT molecular complexity index is 648. The topological polar surface area (TPSA) is 55.8 Å². The minimum absolute atomic E-state index is 0.00870. The number of rotatable bonds is 4. The number of carbonyl (C=O) groups excluding carboxylic acids is 2. The molecule has 5 heteroatoms. The van der Waals surface area contributed by atoms with Crippen molar-refractivity contribution in [3.05, 3.63) is 34.9 Å². The third-order valence-corrected chi connectivity index (χ3v) is 4.81. The van der Waals surface area contributed by atoms with Crippen LogP contribution in [-0.2, 0) is 26.1 Å². The maximum Gasteiger partial charge on any atom is 0.510 e. The molecule has 0 spiro atoms. The molecule has 0 aromatic heterocycles. The molecule has 1 fully saturated rings. The number of hydrogen-bond donors (Lipinski definition) is 0. The van der Waals surface area contributed by atoms with Crippen molar-refractivity contribution < 1.29 is 19.1 Å². The van der Waals surface area contributed by atoms with Crippen molar-refractivity contribution in [2.75, 3.05) is 13.2 Å². The van der Waals surface area contributed by atoms with E-state index in [-0.39, 0.29) is 17.9 Å². The van der Waals surface area contributed by atoms with Crippen molar-refractivity contribution in [3.63, 3.8) is 0 Å². The van der Waals surface area contributed by atoms with Gasteiger partial charge in [-0.15, -0.1) is 0 Å². The number of piperidine rings is 1. The summed E-state index contributed by atoms with van der Waals surface area (Å²) in [5.74, 6) is -0.00870. The van der Waals surface area contributed by atoms with E-state index in [0.717, 1.165) is 24.0 Å². The molecular formula is C21H31NO4. The summed E-state index contributed by atoms with van der Waals surface area (Å²) in [5, 5.41) is 0. The normalized spacial score (nSPS) is 17.7. The fourth-order valence-electron chi connectivity index (χ4n) is 3.20. The van der Waals surface area contributed by atoms with E-state index in [1.807, 2.05) is 13.0 Å². The van der Waals surface area contributed by atoms with Gasteiger partial charge in [-0.25, -0.2) is 4.79 Å². The zero-order valence-electron chi connectivity index (χ0n) is 16.6. The highest BCUT2D eigenvalue weighted by Gasteiger charge is 2.30. The van der Waals surface area contributed by atoms with Crippen LogP contribution in [0.1, 0.15) is 63.6 Å². The first kappa shape index (κ1) is 20.3. The van der Waals surface area contributed by atoms with Crippen molar-refractivity contribution in [1.29, 1.82) is 0 Å². The van der Waals surface area contributed by atoms with Gasteiger partial charge < -0.3 is 14.4 Å². The van der Waals surface area contributed by atoms with Crippen LogP contribution in [-0.4, -0.2) is 36.3 Å². The summed E-state index contributed by atoms with van der Waals surface area (Å²) in [6, 6.07) is 6.29. The van der Waals surface area contributed by atoms with Crippen molar-refractivity contribution in [1.82, 2.24) is 4.90 Å². The van der Waals surface area contributed by atoms with E-state index in [1.54, 1.807) is 11.8 Å². The molecule has 144 valence electrons. The van der Waals surface area contributed by atoms with Crippen molar-refractivity contribution in [2.24, 2.45) is 0 Å². The van der Waals surface area contributed by atoms with Gasteiger partial charge in [0, 0.05) is 13.0 Å². The fraction of sp³-hybridized carbons (Fsp3) is 0.619. The number of hydrogen-bond acceptors (Lipinski definition) is 4. The lowest BCUT2D eigenvalue weighted by atomic mass is 9.85. The predicted molar refractivity (Wildman–Crippen MR) is 101 cm³/mol. The van der Waals surface area contributed by atoms with Crippen molar-refractivity contribution in [3.8, 4) is 0 Å². The molecule has 1 aromatic carbocycles. The SMILES string of the molecule is CCOC(=O)OC1CCCCN1C(=O)Cc1ccc(C(C)(C)C)cc1C. The van der Waals surface area contributed by atoms with E-state index in [2.05, 4.69) is 32.9 Å². The van der Waals surface area contributed by atoms with Gasteiger partial charge in [-0.1, -0.05) is 39.0 Å². The number of amides is 1. The van der Waals surface area contributed by atoms with Crippen molar-refractivity contribution in [2.45, 2.75) is 71.9 Å². The smallest absolute Gasteiger partial charge is 0.435 e. The Kier molecular flexibility index (Phi) is 6.68. The second kappa shape index (κ2) is 8.56. The quantitative estimate of drug-likeness (QED) is 0.748. The molecule has 5 nitrogen and oxygen atoms in total. The Labute approximate surface area is 156 Å². The molecule has 1 unspecified atom stereocenters. The lowest BCUT2D eigenvalue weighted by Crippen LogP contribution is -2.46. The molecule has 0 aliphatic carbocycles. The summed E-state index contributed by atoms with van der Waals surface area (Å²) in [6.07, 6.45) is 1.61. The maximum absolute atomic E-state index is 12.8. The van der Waals surface area contributed by atoms with Crippen LogP contribution in [0.3, 0.4) is 0 Å². The standard InChI is InChI=1S/C21H31NO4/c1-6-25-20(24)26-19-9-7-8-12-22(19)18(23)14-16-10-11-17(13-15(16)2)21(3,4)5/h10-11,13,19H,6-9,12,14H2,1-5H3. The van der Waals surface area contributed by atoms with Gasteiger partial charge in [-0.2, -0.15) is 0 Å². The highest BCUT2D eigenvalue weighted by atomic mass is 16.7. The molecule has 1 aromatic rings. The average molecular weight is 361 g/mol. The molecule has 1 atom stereocenters. The first-order valence-electron chi connectivity index (χ1n) is 9.45. The maximum atomic E-state index is 12.8. The molecule has 2 rings (SSSR count). The van der Waals surface area contributed by atoms with Gasteiger partial charge in [0.05, 0.1) is 13.0 Å². The summed E-state index contributed by atoms with van der Waals surface area (Å²) in [5.41, 5.74) is 3.47. The van der Waals surface area contributed by atoms with Gasteiger partial charge >= 0.3 is 6.16 Å². The van der Waals surface area contributed by atoms with Gasteiger partial charge in [-0.05, 0) is 48.8 Å². The molecule has 1 aliphatic rings. The molecule has 0 N–H and O–H groups in total. The van der Waals surface area contributed by atoms with E-state index in [4.69, 9.17) is 9.47 Å². The Morgan fingerprint density at radius 3 is 2.58 bits per heavy atom. The number of carbonyl (C=O) groups is 2. The molecule has 1 aliphatic heterocycles. The number of likely N-dealkylation sites (tertiary alicyclic amines) is 1. The van der Waals surface area contributed by atoms with E-state index < -0.39 is 12.4 Å². The minimum Gasteiger partial charge on any atom is -0.435 e. The second-order valence-corrected chi connectivity index (χ2v) is 7.91. The van der Waals surface area contributed by atoms with E-state index in [9.17, 15) is 9.59 Å². The summed E-state index contributed by atoms with van der Waals surface area (Å²) in [7, 11) is 0. The molecular weight excluding hydrogens is 330 g/mol. The van der Waals surface area contributed by atoms with Crippen LogP contribution in [0, 0.1) is 6.92 Å². The van der Waals surface area contributed by atoms with Gasteiger partial charge in [0.2, 0.25) is 5.91 Å². The zero-order valence-corrected chi connectivity index (χ0v) is 16.6. The molecule has 1 saturated heterocycles. The molecule has 0 saturated carbocycles. The van der Waals surface area contributed by atoms with Gasteiger partial charge in [0.15, 0.2) is 6.23 Å². The molecule has 1 amide bonds. The second-order valence-electron chi connectivity index (χ2n) is 7.91. The summed E-state index contributed by atoms with van der Waals surface area (Å²) < 4.78 is 10.2. The Morgan fingerprint density at radius 2 is 1.96 bits per heavy atom. The molecule has 1 heterocycles. The summed E-state index contributed by atoms with van der Waals surface area (Å²) in [4.78, 5) is 26.2. The van der Waals surface area contributed by atoms with Crippen LogP contribution in [0.25, 0.3) is 0 Å². The molecule has 26 heavy (non-hydrogen) atoms. The largest absolute Gasteiger partial charge is 0.510 e. The lowest BCUT2D eigenvalue weighted by molar-refractivity contribution is -0.145. The van der Waals surface area contributed by atoms with Gasteiger partial charge in [-0.3, -0.25) is 4.79 Å². The predicted octanol–water partition coefficient (Wildman–Crippen LogP) is 4.35. The van der Waals surface area contributed by atoms with Crippen LogP contribution in [0.5, 0.6) is 0 Å². The summed E-state index contributed by atoms with van der Waals surface area (Å²) >= 11 is 0. The van der Waals surface area contributed by atoms with Crippen LogP contribution in [0.2, 0.25) is 0 Å².